The third kappa shape index (κ3) is 1.72. The first-order valence-electron chi connectivity index (χ1n) is 4.10. The van der Waals surface area contributed by atoms with Gasteiger partial charge >= 0.3 is 5.97 Å². The Morgan fingerprint density at radius 2 is 2.33 bits per heavy atom. The molecule has 0 spiro atoms. The fourth-order valence-corrected chi connectivity index (χ4v) is 1.73. The molecule has 0 saturated heterocycles. The monoisotopic (exact) mass is 272 g/mol. The second-order valence-corrected chi connectivity index (χ2v) is 3.66. The van der Waals surface area contributed by atoms with Crippen molar-refractivity contribution in [2.24, 2.45) is 0 Å². The molecular formula is C9H6BrFN2O2. The molecule has 4 nitrogen and oxygen atoms in total. The minimum atomic E-state index is -0.608. The lowest BCUT2D eigenvalue weighted by Gasteiger charge is -2.02. The maximum atomic E-state index is 13.8. The number of hydrogen-bond donors (Lipinski definition) is 1. The predicted octanol–water partition coefficient (Wildman–Crippen LogP) is 2.39. The van der Waals surface area contributed by atoms with Crippen molar-refractivity contribution in [3.05, 3.63) is 22.6 Å². The van der Waals surface area contributed by atoms with Gasteiger partial charge in [-0.1, -0.05) is 0 Å². The van der Waals surface area contributed by atoms with Crippen molar-refractivity contribution < 1.29 is 13.9 Å². The summed E-state index contributed by atoms with van der Waals surface area (Å²) in [4.78, 5) is 10.7. The lowest BCUT2D eigenvalue weighted by molar-refractivity contribution is -0.132. The average molecular weight is 273 g/mol. The van der Waals surface area contributed by atoms with Crippen LogP contribution in [0, 0.1) is 5.82 Å². The molecule has 0 atom stereocenters. The molecule has 0 unspecified atom stereocenters. The number of esters is 1. The summed E-state index contributed by atoms with van der Waals surface area (Å²) < 4.78 is 18.8. The number of H-pyrrole nitrogens is 1. The second kappa shape index (κ2) is 3.62. The molecule has 0 aliphatic heterocycles. The van der Waals surface area contributed by atoms with Crippen LogP contribution in [-0.4, -0.2) is 16.2 Å². The number of aromatic amines is 1. The summed E-state index contributed by atoms with van der Waals surface area (Å²) in [6, 6.07) is 2.97. The van der Waals surface area contributed by atoms with E-state index in [9.17, 15) is 9.18 Å². The number of carbonyl (C=O) groups is 1. The van der Waals surface area contributed by atoms with E-state index in [4.69, 9.17) is 4.74 Å². The fraction of sp³-hybridized carbons (Fsp3) is 0.111. The minimum Gasteiger partial charge on any atom is -0.424 e. The van der Waals surface area contributed by atoms with Crippen LogP contribution in [0.2, 0.25) is 0 Å². The van der Waals surface area contributed by atoms with Crippen LogP contribution in [0.4, 0.5) is 4.39 Å². The van der Waals surface area contributed by atoms with Crippen LogP contribution < -0.4 is 4.74 Å². The SMILES string of the molecule is CC(=O)Oc1ccc2[nH]nc(Br)c2c1F. The van der Waals surface area contributed by atoms with Crippen LogP contribution in [0.25, 0.3) is 10.9 Å². The minimum absolute atomic E-state index is 0.0999. The molecule has 0 bridgehead atoms. The standard InChI is InChI=1S/C9H6BrFN2O2/c1-4(14)15-6-3-2-5-7(8(6)11)9(10)13-12-5/h2-3H,1H3,(H,12,13). The molecule has 2 rings (SSSR count). The molecule has 0 amide bonds. The number of nitrogens with zero attached hydrogens (tertiary/aromatic N) is 1. The smallest absolute Gasteiger partial charge is 0.308 e. The number of carbonyl (C=O) groups excluding carboxylic acids is 1. The maximum Gasteiger partial charge on any atom is 0.308 e. The molecule has 15 heavy (non-hydrogen) atoms. The Morgan fingerprint density at radius 3 is 3.00 bits per heavy atom. The topological polar surface area (TPSA) is 55.0 Å². The Morgan fingerprint density at radius 1 is 1.60 bits per heavy atom. The molecule has 0 fully saturated rings. The zero-order valence-corrected chi connectivity index (χ0v) is 9.26. The molecule has 0 aliphatic carbocycles. The van der Waals surface area contributed by atoms with Crippen molar-refractivity contribution in [1.82, 2.24) is 10.2 Å². The summed E-state index contributed by atoms with van der Waals surface area (Å²) in [6.45, 7) is 1.22. The van der Waals surface area contributed by atoms with Crippen LogP contribution in [0.1, 0.15) is 6.92 Å². The molecule has 0 aliphatic rings. The van der Waals surface area contributed by atoms with Gasteiger partial charge < -0.3 is 4.74 Å². The molecule has 1 aromatic heterocycles. The highest BCUT2D eigenvalue weighted by atomic mass is 79.9. The molecule has 2 aromatic rings. The normalized spacial score (nSPS) is 10.6. The van der Waals surface area contributed by atoms with Gasteiger partial charge in [0, 0.05) is 6.92 Å². The molecule has 1 heterocycles. The largest absolute Gasteiger partial charge is 0.424 e. The van der Waals surface area contributed by atoms with Crippen molar-refractivity contribution in [1.29, 1.82) is 0 Å². The Hall–Kier alpha value is -1.43. The highest BCUT2D eigenvalue weighted by Gasteiger charge is 2.14. The number of benzene rings is 1. The van der Waals surface area contributed by atoms with Crippen LogP contribution >= 0.6 is 15.9 Å². The van der Waals surface area contributed by atoms with Gasteiger partial charge in [-0.05, 0) is 28.1 Å². The third-order valence-corrected chi connectivity index (χ3v) is 2.41. The maximum absolute atomic E-state index is 13.8. The zero-order chi connectivity index (χ0) is 11.0. The molecule has 1 aromatic carbocycles. The number of ether oxygens (including phenoxy) is 1. The predicted molar refractivity (Wildman–Crippen MR) is 55.1 cm³/mol. The third-order valence-electron chi connectivity index (χ3n) is 1.84. The number of halogens is 2. The van der Waals surface area contributed by atoms with Crippen molar-refractivity contribution in [2.45, 2.75) is 6.92 Å². The summed E-state index contributed by atoms with van der Waals surface area (Å²) in [7, 11) is 0. The highest BCUT2D eigenvalue weighted by molar-refractivity contribution is 9.10. The van der Waals surface area contributed by atoms with Gasteiger partial charge in [0.2, 0.25) is 0 Å². The number of hydrogen-bond acceptors (Lipinski definition) is 3. The van der Waals surface area contributed by atoms with E-state index in [0.29, 0.717) is 10.1 Å². The lowest BCUT2D eigenvalue weighted by atomic mass is 10.2. The number of aromatic nitrogens is 2. The number of fused-ring (bicyclic) bond motifs is 1. The summed E-state index contributed by atoms with van der Waals surface area (Å²) in [5, 5.41) is 6.69. The van der Waals surface area contributed by atoms with Gasteiger partial charge in [-0.3, -0.25) is 9.89 Å². The van der Waals surface area contributed by atoms with Crippen LogP contribution in [-0.2, 0) is 4.79 Å². The summed E-state index contributed by atoms with van der Waals surface area (Å²) >= 11 is 3.10. The molecule has 0 saturated carbocycles. The van der Waals surface area contributed by atoms with Gasteiger partial charge in [0.05, 0.1) is 10.9 Å². The zero-order valence-electron chi connectivity index (χ0n) is 7.67. The van der Waals surface area contributed by atoms with Crippen LogP contribution in [0.3, 0.4) is 0 Å². The Labute approximate surface area is 92.5 Å². The first-order valence-corrected chi connectivity index (χ1v) is 4.89. The van der Waals surface area contributed by atoms with E-state index in [1.165, 1.54) is 13.0 Å². The van der Waals surface area contributed by atoms with Gasteiger partial charge in [0.1, 0.15) is 4.60 Å². The van der Waals surface area contributed by atoms with E-state index < -0.39 is 11.8 Å². The van der Waals surface area contributed by atoms with Crippen molar-refractivity contribution in [2.75, 3.05) is 0 Å². The Balaban J connectivity index is 2.63. The molecule has 1 N–H and O–H groups in total. The molecule has 0 radical (unpaired) electrons. The van der Waals surface area contributed by atoms with Crippen molar-refractivity contribution in [3.63, 3.8) is 0 Å². The first kappa shape index (κ1) is 10.1. The Kier molecular flexibility index (Phi) is 2.44. The molecular weight excluding hydrogens is 267 g/mol. The van der Waals surface area contributed by atoms with E-state index in [0.717, 1.165) is 0 Å². The van der Waals surface area contributed by atoms with Crippen LogP contribution in [0.15, 0.2) is 16.7 Å². The average Bonchev–Trinajstić information content (AvgIpc) is 2.53. The van der Waals surface area contributed by atoms with Gasteiger partial charge in [0.15, 0.2) is 11.6 Å². The Bertz CT molecular complexity index is 538. The van der Waals surface area contributed by atoms with E-state index in [1.807, 2.05) is 0 Å². The lowest BCUT2D eigenvalue weighted by Crippen LogP contribution is -2.03. The van der Waals surface area contributed by atoms with E-state index in [1.54, 1.807) is 6.07 Å². The van der Waals surface area contributed by atoms with E-state index in [-0.39, 0.29) is 11.1 Å². The van der Waals surface area contributed by atoms with Gasteiger partial charge in [-0.2, -0.15) is 5.10 Å². The highest BCUT2D eigenvalue weighted by Crippen LogP contribution is 2.30. The van der Waals surface area contributed by atoms with E-state index in [2.05, 4.69) is 26.1 Å². The summed E-state index contributed by atoms with van der Waals surface area (Å²) in [5.41, 5.74) is 0.537. The quantitative estimate of drug-likeness (QED) is 0.641. The fourth-order valence-electron chi connectivity index (χ4n) is 1.25. The van der Waals surface area contributed by atoms with E-state index >= 15 is 0 Å². The van der Waals surface area contributed by atoms with Crippen molar-refractivity contribution >= 4 is 32.8 Å². The molecule has 78 valence electrons. The molecule has 6 heteroatoms. The van der Waals surface area contributed by atoms with Gasteiger partial charge in [-0.25, -0.2) is 4.39 Å². The second-order valence-electron chi connectivity index (χ2n) is 2.91. The van der Waals surface area contributed by atoms with Gasteiger partial charge in [-0.15, -0.1) is 0 Å². The number of nitrogens with one attached hydrogen (secondary N) is 1. The van der Waals surface area contributed by atoms with Crippen LogP contribution in [0.5, 0.6) is 5.75 Å². The first-order chi connectivity index (χ1) is 7.09. The van der Waals surface area contributed by atoms with Gasteiger partial charge in [0.25, 0.3) is 0 Å². The summed E-state index contributed by atoms with van der Waals surface area (Å²) in [5.74, 6) is -1.27. The summed E-state index contributed by atoms with van der Waals surface area (Å²) in [6.07, 6.45) is 0. The van der Waals surface area contributed by atoms with Crippen molar-refractivity contribution in [3.8, 4) is 5.75 Å². The number of rotatable bonds is 1.